The summed E-state index contributed by atoms with van der Waals surface area (Å²) >= 11 is 1.33. The number of thioether (sulfide) groups is 1. The van der Waals surface area contributed by atoms with E-state index < -0.39 is 0 Å². The Bertz CT molecular complexity index is 678. The van der Waals surface area contributed by atoms with E-state index in [9.17, 15) is 9.59 Å². The van der Waals surface area contributed by atoms with E-state index in [4.69, 9.17) is 0 Å². The fourth-order valence-electron chi connectivity index (χ4n) is 2.43. The van der Waals surface area contributed by atoms with Crippen molar-refractivity contribution in [2.45, 2.75) is 0 Å². The van der Waals surface area contributed by atoms with Crippen LogP contribution in [0.1, 0.15) is 15.9 Å². The van der Waals surface area contributed by atoms with Crippen LogP contribution in [-0.2, 0) is 4.79 Å². The van der Waals surface area contributed by atoms with Crippen molar-refractivity contribution in [1.82, 2.24) is 15.1 Å². The van der Waals surface area contributed by atoms with Crippen molar-refractivity contribution >= 4 is 35.0 Å². The maximum Gasteiger partial charge on any atom is 0.253 e. The third-order valence-corrected chi connectivity index (χ3v) is 4.75. The molecule has 126 valence electrons. The summed E-state index contributed by atoms with van der Waals surface area (Å²) in [5.41, 5.74) is 1.53. The van der Waals surface area contributed by atoms with Gasteiger partial charge < -0.3 is 15.1 Å². The second-order valence-corrected chi connectivity index (χ2v) is 6.67. The number of nitrogens with zero attached hydrogens (tertiary/aromatic N) is 4. The number of nitrogens with one attached hydrogen (secondary N) is 1. The van der Waals surface area contributed by atoms with Crippen molar-refractivity contribution in [2.75, 3.05) is 39.0 Å². The predicted octanol–water partition coefficient (Wildman–Crippen LogP) is 0.627. The van der Waals surface area contributed by atoms with Crippen LogP contribution in [0.25, 0.3) is 0 Å². The largest absolute Gasteiger partial charge is 0.336 e. The van der Waals surface area contributed by atoms with Crippen LogP contribution >= 0.6 is 11.8 Å². The molecular weight excluding hydrogens is 326 g/mol. The van der Waals surface area contributed by atoms with Gasteiger partial charge in [-0.1, -0.05) is 23.9 Å². The number of rotatable bonds is 3. The molecule has 2 saturated heterocycles. The lowest BCUT2D eigenvalue weighted by atomic mass is 10.1. The molecular formula is C16H19N5O2S. The van der Waals surface area contributed by atoms with E-state index in [1.807, 2.05) is 17.0 Å². The van der Waals surface area contributed by atoms with Crippen molar-refractivity contribution in [1.29, 1.82) is 0 Å². The molecule has 2 aliphatic rings. The van der Waals surface area contributed by atoms with Crippen molar-refractivity contribution in [3.8, 4) is 0 Å². The Labute approximate surface area is 144 Å². The van der Waals surface area contributed by atoms with Crippen LogP contribution in [0.5, 0.6) is 0 Å². The molecule has 2 heterocycles. The number of hydrogen-bond donors (Lipinski definition) is 1. The van der Waals surface area contributed by atoms with E-state index in [2.05, 4.69) is 27.5 Å². The first-order valence-electron chi connectivity index (χ1n) is 7.73. The first kappa shape index (κ1) is 16.7. The Balaban J connectivity index is 1.59. The number of amides is 2. The fourth-order valence-corrected chi connectivity index (χ4v) is 3.06. The maximum atomic E-state index is 12.4. The minimum absolute atomic E-state index is 0.0549. The van der Waals surface area contributed by atoms with E-state index in [0.29, 0.717) is 16.5 Å². The summed E-state index contributed by atoms with van der Waals surface area (Å²) in [5, 5.41) is 11.0. The molecule has 8 heteroatoms. The molecule has 0 radical (unpaired) electrons. The number of carbonyl (C=O) groups excluding carboxylic acids is 2. The molecule has 0 spiro atoms. The van der Waals surface area contributed by atoms with Crippen LogP contribution in [0.2, 0.25) is 0 Å². The predicted molar refractivity (Wildman–Crippen MR) is 95.5 cm³/mol. The van der Waals surface area contributed by atoms with E-state index in [1.54, 1.807) is 18.3 Å². The van der Waals surface area contributed by atoms with Gasteiger partial charge in [0.15, 0.2) is 5.17 Å². The highest BCUT2D eigenvalue weighted by atomic mass is 32.2. The van der Waals surface area contributed by atoms with Crippen LogP contribution in [0.4, 0.5) is 0 Å². The van der Waals surface area contributed by atoms with Gasteiger partial charge in [0.1, 0.15) is 0 Å². The second kappa shape index (κ2) is 7.59. The molecule has 2 fully saturated rings. The van der Waals surface area contributed by atoms with Gasteiger partial charge in [0.25, 0.3) is 5.91 Å². The molecule has 0 atom stereocenters. The van der Waals surface area contributed by atoms with E-state index >= 15 is 0 Å². The molecule has 2 aliphatic heterocycles. The summed E-state index contributed by atoms with van der Waals surface area (Å²) in [6.45, 7) is 3.34. The number of amidine groups is 1. The molecule has 2 amide bonds. The summed E-state index contributed by atoms with van der Waals surface area (Å²) in [4.78, 5) is 27.6. The highest BCUT2D eigenvalue weighted by molar-refractivity contribution is 8.15. The summed E-state index contributed by atoms with van der Waals surface area (Å²) in [6, 6.07) is 7.29. The quantitative estimate of drug-likeness (QED) is 0.644. The number of carbonyl (C=O) groups is 2. The number of likely N-dealkylation sites (N-methyl/N-ethyl adjacent to an activating group) is 1. The SMILES string of the molecule is CN1CCN(C(=O)c2ccc(C=NN=C3NC(=O)CS3)cc2)CC1. The molecule has 7 nitrogen and oxygen atoms in total. The molecule has 0 bridgehead atoms. The lowest BCUT2D eigenvalue weighted by Gasteiger charge is -2.32. The maximum absolute atomic E-state index is 12.4. The Morgan fingerprint density at radius 2 is 1.92 bits per heavy atom. The van der Waals surface area contributed by atoms with E-state index in [1.165, 1.54) is 11.8 Å². The molecule has 0 aliphatic carbocycles. The van der Waals surface area contributed by atoms with Crippen LogP contribution in [0.3, 0.4) is 0 Å². The third-order valence-electron chi connectivity index (χ3n) is 3.89. The zero-order valence-electron chi connectivity index (χ0n) is 13.4. The Morgan fingerprint density at radius 1 is 1.21 bits per heavy atom. The highest BCUT2D eigenvalue weighted by Gasteiger charge is 2.20. The van der Waals surface area contributed by atoms with Gasteiger partial charge in [0.05, 0.1) is 12.0 Å². The molecule has 1 aromatic rings. The minimum Gasteiger partial charge on any atom is -0.336 e. The Kier molecular flexibility index (Phi) is 5.27. The number of hydrogen-bond acceptors (Lipinski definition) is 6. The Hall–Kier alpha value is -2.19. The smallest absolute Gasteiger partial charge is 0.253 e. The number of benzene rings is 1. The van der Waals surface area contributed by atoms with Crippen LogP contribution < -0.4 is 5.32 Å². The fraction of sp³-hybridized carbons (Fsp3) is 0.375. The van der Waals surface area contributed by atoms with Gasteiger partial charge in [-0.25, -0.2) is 0 Å². The second-order valence-electron chi connectivity index (χ2n) is 5.70. The Morgan fingerprint density at radius 3 is 2.54 bits per heavy atom. The monoisotopic (exact) mass is 345 g/mol. The minimum atomic E-state index is -0.0549. The van der Waals surface area contributed by atoms with Gasteiger partial charge in [-0.2, -0.15) is 5.10 Å². The topological polar surface area (TPSA) is 77.4 Å². The molecule has 0 aromatic heterocycles. The van der Waals surface area contributed by atoms with Crippen LogP contribution in [0, 0.1) is 0 Å². The standard InChI is InChI=1S/C16H19N5O2S/c1-20-6-8-21(9-7-20)15(23)13-4-2-12(3-5-13)10-17-19-16-18-14(22)11-24-16/h2-5,10H,6-9,11H2,1H3,(H,18,19,22). The van der Waals surface area contributed by atoms with Gasteiger partial charge in [-0.15, -0.1) is 5.10 Å². The van der Waals surface area contributed by atoms with Gasteiger partial charge in [0.2, 0.25) is 5.91 Å². The molecule has 3 rings (SSSR count). The molecule has 24 heavy (non-hydrogen) atoms. The third kappa shape index (κ3) is 4.21. The summed E-state index contributed by atoms with van der Waals surface area (Å²) in [6.07, 6.45) is 1.60. The lowest BCUT2D eigenvalue weighted by molar-refractivity contribution is -0.116. The molecule has 1 N–H and O–H groups in total. The highest BCUT2D eigenvalue weighted by Crippen LogP contribution is 2.10. The molecule has 0 unspecified atom stereocenters. The van der Waals surface area contributed by atoms with E-state index in [-0.39, 0.29) is 11.8 Å². The van der Waals surface area contributed by atoms with Crippen LogP contribution in [-0.4, -0.2) is 72.0 Å². The van der Waals surface area contributed by atoms with Crippen molar-refractivity contribution < 1.29 is 9.59 Å². The molecule has 0 saturated carbocycles. The zero-order chi connectivity index (χ0) is 16.9. The summed E-state index contributed by atoms with van der Waals surface area (Å²) in [5.74, 6) is 0.398. The van der Waals surface area contributed by atoms with Crippen LogP contribution in [0.15, 0.2) is 34.5 Å². The van der Waals surface area contributed by atoms with Gasteiger partial charge in [0, 0.05) is 31.7 Å². The lowest BCUT2D eigenvalue weighted by Crippen LogP contribution is -2.47. The van der Waals surface area contributed by atoms with Crippen molar-refractivity contribution in [3.63, 3.8) is 0 Å². The first-order valence-corrected chi connectivity index (χ1v) is 8.72. The summed E-state index contributed by atoms with van der Waals surface area (Å²) in [7, 11) is 2.06. The van der Waals surface area contributed by atoms with Crippen molar-refractivity contribution in [2.24, 2.45) is 10.2 Å². The first-order chi connectivity index (χ1) is 11.6. The summed E-state index contributed by atoms with van der Waals surface area (Å²) < 4.78 is 0. The van der Waals surface area contributed by atoms with Gasteiger partial charge in [-0.05, 0) is 24.7 Å². The van der Waals surface area contributed by atoms with Gasteiger partial charge >= 0.3 is 0 Å². The zero-order valence-corrected chi connectivity index (χ0v) is 14.3. The van der Waals surface area contributed by atoms with E-state index in [0.717, 1.165) is 31.7 Å². The average Bonchev–Trinajstić information content (AvgIpc) is 3.01. The van der Waals surface area contributed by atoms with Crippen molar-refractivity contribution in [3.05, 3.63) is 35.4 Å². The number of piperazine rings is 1. The van der Waals surface area contributed by atoms with Gasteiger partial charge in [-0.3, -0.25) is 9.59 Å². The average molecular weight is 345 g/mol. The molecule has 1 aromatic carbocycles. The normalized spacial score (nSPS) is 20.8.